The first-order chi connectivity index (χ1) is 8.72. The van der Waals surface area contributed by atoms with Gasteiger partial charge >= 0.3 is 0 Å². The zero-order valence-electron chi connectivity index (χ0n) is 9.75. The molecule has 3 rings (SSSR count). The van der Waals surface area contributed by atoms with Gasteiger partial charge in [0.1, 0.15) is 23.7 Å². The SMILES string of the molecule is Oc1ccc(F)cc1CN1CCn2cnnc2C1. The van der Waals surface area contributed by atoms with Crippen LogP contribution >= 0.6 is 0 Å². The Morgan fingerprint density at radius 2 is 2.22 bits per heavy atom. The molecule has 2 heterocycles. The van der Waals surface area contributed by atoms with Gasteiger partial charge in [0.05, 0.1) is 6.54 Å². The van der Waals surface area contributed by atoms with E-state index in [2.05, 4.69) is 15.1 Å². The average Bonchev–Trinajstić information content (AvgIpc) is 2.81. The number of nitrogens with zero attached hydrogens (tertiary/aromatic N) is 4. The second-order valence-corrected chi connectivity index (χ2v) is 4.42. The van der Waals surface area contributed by atoms with Crippen molar-refractivity contribution in [1.29, 1.82) is 0 Å². The van der Waals surface area contributed by atoms with Gasteiger partial charge in [0.15, 0.2) is 0 Å². The second-order valence-electron chi connectivity index (χ2n) is 4.42. The van der Waals surface area contributed by atoms with Gasteiger partial charge in [-0.1, -0.05) is 0 Å². The summed E-state index contributed by atoms with van der Waals surface area (Å²) in [6, 6.07) is 4.01. The minimum atomic E-state index is -0.331. The lowest BCUT2D eigenvalue weighted by molar-refractivity contribution is 0.206. The normalized spacial score (nSPS) is 15.6. The van der Waals surface area contributed by atoms with Crippen LogP contribution in [-0.4, -0.2) is 31.3 Å². The van der Waals surface area contributed by atoms with Crippen LogP contribution < -0.4 is 0 Å². The van der Waals surface area contributed by atoms with Gasteiger partial charge < -0.3 is 9.67 Å². The fraction of sp³-hybridized carbons (Fsp3) is 0.333. The van der Waals surface area contributed by atoms with Crippen LogP contribution in [0.25, 0.3) is 0 Å². The molecular weight excluding hydrogens is 235 g/mol. The molecule has 0 fully saturated rings. The van der Waals surface area contributed by atoms with Gasteiger partial charge in [-0.3, -0.25) is 4.90 Å². The third-order valence-corrected chi connectivity index (χ3v) is 3.15. The number of hydrogen-bond acceptors (Lipinski definition) is 4. The minimum Gasteiger partial charge on any atom is -0.508 e. The lowest BCUT2D eigenvalue weighted by Gasteiger charge is -2.27. The van der Waals surface area contributed by atoms with Gasteiger partial charge in [0.2, 0.25) is 0 Å². The first kappa shape index (κ1) is 11.2. The first-order valence-corrected chi connectivity index (χ1v) is 5.79. The molecule has 1 N–H and O–H groups in total. The summed E-state index contributed by atoms with van der Waals surface area (Å²) >= 11 is 0. The Balaban J connectivity index is 1.76. The predicted octanol–water partition coefficient (Wildman–Crippen LogP) is 1.14. The van der Waals surface area contributed by atoms with Crippen molar-refractivity contribution in [2.75, 3.05) is 6.54 Å². The molecule has 94 valence electrons. The van der Waals surface area contributed by atoms with Crippen molar-refractivity contribution >= 4 is 0 Å². The number of hydrogen-bond donors (Lipinski definition) is 1. The van der Waals surface area contributed by atoms with Crippen LogP contribution in [0.4, 0.5) is 4.39 Å². The van der Waals surface area contributed by atoms with E-state index in [0.717, 1.165) is 18.9 Å². The fourth-order valence-corrected chi connectivity index (χ4v) is 2.17. The van der Waals surface area contributed by atoms with Crippen LogP contribution in [-0.2, 0) is 19.6 Å². The number of phenols is 1. The molecule has 0 saturated carbocycles. The van der Waals surface area contributed by atoms with E-state index in [1.807, 2.05) is 4.57 Å². The van der Waals surface area contributed by atoms with Gasteiger partial charge in [-0.2, -0.15) is 0 Å². The van der Waals surface area contributed by atoms with Crippen LogP contribution in [0.1, 0.15) is 11.4 Å². The van der Waals surface area contributed by atoms with Crippen molar-refractivity contribution in [2.24, 2.45) is 0 Å². The van der Waals surface area contributed by atoms with Crippen molar-refractivity contribution < 1.29 is 9.50 Å². The highest BCUT2D eigenvalue weighted by Crippen LogP contribution is 2.21. The molecule has 0 spiro atoms. The minimum absolute atomic E-state index is 0.128. The van der Waals surface area contributed by atoms with E-state index in [4.69, 9.17) is 0 Å². The third-order valence-electron chi connectivity index (χ3n) is 3.15. The molecule has 0 bridgehead atoms. The summed E-state index contributed by atoms with van der Waals surface area (Å²) < 4.78 is 15.1. The summed E-state index contributed by atoms with van der Waals surface area (Å²) in [5.74, 6) is 0.698. The maximum atomic E-state index is 13.1. The number of aromatic nitrogens is 3. The number of phenolic OH excluding ortho intramolecular Hbond substituents is 1. The third kappa shape index (κ3) is 2.06. The molecule has 0 amide bonds. The van der Waals surface area contributed by atoms with Gasteiger partial charge in [-0.15, -0.1) is 10.2 Å². The highest BCUT2D eigenvalue weighted by molar-refractivity contribution is 5.32. The van der Waals surface area contributed by atoms with E-state index in [0.29, 0.717) is 18.7 Å². The number of aromatic hydroxyl groups is 1. The smallest absolute Gasteiger partial charge is 0.147 e. The monoisotopic (exact) mass is 248 g/mol. The Hall–Kier alpha value is -1.95. The van der Waals surface area contributed by atoms with Crippen LogP contribution in [0.15, 0.2) is 24.5 Å². The molecule has 2 aromatic rings. The number of fused-ring (bicyclic) bond motifs is 1. The van der Waals surface area contributed by atoms with Crippen molar-refractivity contribution in [3.05, 3.63) is 41.7 Å². The second kappa shape index (κ2) is 4.38. The summed E-state index contributed by atoms with van der Waals surface area (Å²) in [4.78, 5) is 2.11. The molecule has 0 radical (unpaired) electrons. The van der Waals surface area contributed by atoms with Gasteiger partial charge in [-0.25, -0.2) is 4.39 Å². The van der Waals surface area contributed by atoms with Crippen LogP contribution in [0, 0.1) is 5.82 Å². The van der Waals surface area contributed by atoms with Crippen molar-refractivity contribution in [3.63, 3.8) is 0 Å². The topological polar surface area (TPSA) is 54.2 Å². The average molecular weight is 248 g/mol. The van der Waals surface area contributed by atoms with E-state index >= 15 is 0 Å². The largest absolute Gasteiger partial charge is 0.508 e. The molecule has 1 aliphatic rings. The van der Waals surface area contributed by atoms with Crippen LogP contribution in [0.2, 0.25) is 0 Å². The molecule has 18 heavy (non-hydrogen) atoms. The predicted molar refractivity (Wildman–Crippen MR) is 62.2 cm³/mol. The highest BCUT2D eigenvalue weighted by Gasteiger charge is 2.18. The molecule has 0 aliphatic carbocycles. The van der Waals surface area contributed by atoms with Crippen LogP contribution in [0.3, 0.4) is 0 Å². The molecule has 1 aromatic carbocycles. The van der Waals surface area contributed by atoms with Crippen LogP contribution in [0.5, 0.6) is 5.75 Å². The highest BCUT2D eigenvalue weighted by atomic mass is 19.1. The van der Waals surface area contributed by atoms with Gasteiger partial charge in [0.25, 0.3) is 0 Å². The molecule has 0 unspecified atom stereocenters. The maximum absolute atomic E-state index is 13.1. The zero-order valence-corrected chi connectivity index (χ0v) is 9.75. The summed E-state index contributed by atoms with van der Waals surface area (Å²) in [6.45, 7) is 2.83. The molecule has 5 nitrogen and oxygen atoms in total. The first-order valence-electron chi connectivity index (χ1n) is 5.79. The van der Waals surface area contributed by atoms with E-state index in [1.165, 1.54) is 18.2 Å². The Labute approximate surface area is 103 Å². The summed E-state index contributed by atoms with van der Waals surface area (Å²) in [6.07, 6.45) is 1.71. The summed E-state index contributed by atoms with van der Waals surface area (Å²) in [5, 5.41) is 17.6. The standard InChI is InChI=1S/C12H13FN4O/c13-10-1-2-11(18)9(5-10)6-16-3-4-17-8-14-15-12(17)7-16/h1-2,5,8,18H,3-4,6-7H2. The summed E-state index contributed by atoms with van der Waals surface area (Å²) in [7, 11) is 0. The molecule has 1 aromatic heterocycles. The number of halogens is 1. The quantitative estimate of drug-likeness (QED) is 0.866. The van der Waals surface area contributed by atoms with Crippen molar-refractivity contribution in [2.45, 2.75) is 19.6 Å². The Morgan fingerprint density at radius 3 is 3.11 bits per heavy atom. The lowest BCUT2D eigenvalue weighted by Crippen LogP contribution is -2.33. The fourth-order valence-electron chi connectivity index (χ4n) is 2.17. The molecule has 6 heteroatoms. The molecule has 1 aliphatic heterocycles. The molecule has 0 atom stereocenters. The van der Waals surface area contributed by atoms with Crippen molar-refractivity contribution in [3.8, 4) is 5.75 Å². The number of benzene rings is 1. The Kier molecular flexibility index (Phi) is 2.71. The van der Waals surface area contributed by atoms with E-state index in [-0.39, 0.29) is 11.6 Å². The Bertz CT molecular complexity index is 569. The van der Waals surface area contributed by atoms with E-state index < -0.39 is 0 Å². The van der Waals surface area contributed by atoms with E-state index in [9.17, 15) is 9.50 Å². The Morgan fingerprint density at radius 1 is 1.33 bits per heavy atom. The maximum Gasteiger partial charge on any atom is 0.147 e. The van der Waals surface area contributed by atoms with Crippen molar-refractivity contribution in [1.82, 2.24) is 19.7 Å². The number of rotatable bonds is 2. The molecule has 0 saturated heterocycles. The zero-order chi connectivity index (χ0) is 12.5. The van der Waals surface area contributed by atoms with Gasteiger partial charge in [-0.05, 0) is 18.2 Å². The van der Waals surface area contributed by atoms with Gasteiger partial charge in [0, 0.05) is 25.2 Å². The molecular formula is C12H13FN4O. The summed E-state index contributed by atoms with van der Waals surface area (Å²) in [5.41, 5.74) is 0.600. The lowest BCUT2D eigenvalue weighted by atomic mass is 10.1. The van der Waals surface area contributed by atoms with E-state index in [1.54, 1.807) is 6.33 Å².